The topological polar surface area (TPSA) is 34.1 Å². The number of hydrogen-bond donors (Lipinski definition) is 0. The zero-order valence-corrected chi connectivity index (χ0v) is 13.7. The maximum atomic E-state index is 11.9. The molecule has 112 valence electrons. The van der Waals surface area contributed by atoms with Crippen LogP contribution in [0.15, 0.2) is 24.3 Å². The Morgan fingerprint density at radius 3 is 1.85 bits per heavy atom. The van der Waals surface area contributed by atoms with Gasteiger partial charge in [-0.2, -0.15) is 0 Å². The third-order valence-electron chi connectivity index (χ3n) is 3.47. The van der Waals surface area contributed by atoms with Gasteiger partial charge in [0.1, 0.15) is 5.78 Å². The Bertz CT molecular complexity index is 427. The lowest BCUT2D eigenvalue weighted by Gasteiger charge is -2.21. The Kier molecular flexibility index (Phi) is 8.05. The number of aryl methyl sites for hydroxylation is 1. The van der Waals surface area contributed by atoms with Crippen molar-refractivity contribution in [1.29, 1.82) is 0 Å². The van der Waals surface area contributed by atoms with E-state index in [4.69, 9.17) is 0 Å². The molecular weight excluding hydrogens is 248 g/mol. The molecule has 0 atom stereocenters. The average molecular weight is 276 g/mol. The summed E-state index contributed by atoms with van der Waals surface area (Å²) in [5.74, 6) is 0.506. The fraction of sp³-hybridized carbons (Fsp3) is 0.556. The van der Waals surface area contributed by atoms with Gasteiger partial charge in [-0.15, -0.1) is 0 Å². The quantitative estimate of drug-likeness (QED) is 0.710. The number of Topliss-reactive ketones (excluding diaryl/α,β-unsaturated/α-hetero) is 2. The van der Waals surface area contributed by atoms with Crippen molar-refractivity contribution in [2.75, 3.05) is 0 Å². The second-order valence-electron chi connectivity index (χ2n) is 6.04. The van der Waals surface area contributed by atoms with Gasteiger partial charge < -0.3 is 4.79 Å². The van der Waals surface area contributed by atoms with Crippen molar-refractivity contribution in [2.24, 2.45) is 5.41 Å². The summed E-state index contributed by atoms with van der Waals surface area (Å²) < 4.78 is 0. The Balaban J connectivity index is 0.000000621. The first kappa shape index (κ1) is 18.6. The second-order valence-corrected chi connectivity index (χ2v) is 6.04. The largest absolute Gasteiger partial charge is 0.300 e. The normalized spacial score (nSPS) is 10.5. The van der Waals surface area contributed by atoms with E-state index in [1.54, 1.807) is 6.92 Å². The lowest BCUT2D eigenvalue weighted by atomic mass is 9.83. The highest BCUT2D eigenvalue weighted by molar-refractivity contribution is 5.96. The molecule has 2 nitrogen and oxygen atoms in total. The van der Waals surface area contributed by atoms with Gasteiger partial charge in [0, 0.05) is 18.4 Å². The summed E-state index contributed by atoms with van der Waals surface area (Å²) in [6.45, 7) is 11.9. The van der Waals surface area contributed by atoms with Crippen LogP contribution in [0.3, 0.4) is 0 Å². The van der Waals surface area contributed by atoms with Gasteiger partial charge in [-0.3, -0.25) is 4.79 Å². The van der Waals surface area contributed by atoms with E-state index in [1.807, 2.05) is 38.1 Å². The molecule has 0 radical (unpaired) electrons. The van der Waals surface area contributed by atoms with Crippen LogP contribution in [0.1, 0.15) is 69.8 Å². The zero-order chi connectivity index (χ0) is 15.8. The van der Waals surface area contributed by atoms with Crippen LogP contribution in [0.25, 0.3) is 0 Å². The lowest BCUT2D eigenvalue weighted by Crippen LogP contribution is -2.16. The molecule has 0 heterocycles. The van der Waals surface area contributed by atoms with Crippen LogP contribution in [-0.2, 0) is 4.79 Å². The minimum Gasteiger partial charge on any atom is -0.300 e. The Labute approximate surface area is 123 Å². The molecule has 20 heavy (non-hydrogen) atoms. The van der Waals surface area contributed by atoms with Gasteiger partial charge in [-0.25, -0.2) is 0 Å². The predicted molar refractivity (Wildman–Crippen MR) is 85.2 cm³/mol. The molecule has 1 rings (SSSR count). The number of ketones is 2. The summed E-state index contributed by atoms with van der Waals surface area (Å²) in [4.78, 5) is 21.7. The summed E-state index contributed by atoms with van der Waals surface area (Å²) >= 11 is 0. The van der Waals surface area contributed by atoms with Crippen molar-refractivity contribution in [1.82, 2.24) is 0 Å². The first-order valence-electron chi connectivity index (χ1n) is 7.31. The van der Waals surface area contributed by atoms with Crippen LogP contribution in [0, 0.1) is 12.3 Å². The molecule has 0 unspecified atom stereocenters. The van der Waals surface area contributed by atoms with Crippen molar-refractivity contribution in [3.8, 4) is 0 Å². The van der Waals surface area contributed by atoms with E-state index in [1.165, 1.54) is 5.56 Å². The van der Waals surface area contributed by atoms with Gasteiger partial charge in [0.15, 0.2) is 5.78 Å². The Morgan fingerprint density at radius 1 is 1.05 bits per heavy atom. The molecule has 0 bridgehead atoms. The Hall–Kier alpha value is -1.44. The van der Waals surface area contributed by atoms with E-state index < -0.39 is 0 Å². The number of rotatable bonds is 5. The molecule has 0 aliphatic rings. The smallest absolute Gasteiger partial charge is 0.163 e. The standard InChI is InChI=1S/C14H20O.C4H8O/c1-5-14(3,4)10-13(15)12-8-6-11(2)7-9-12;1-3-4(2)5/h6-9H,5,10H2,1-4H3;3H2,1-2H3. The molecule has 0 aliphatic carbocycles. The maximum absolute atomic E-state index is 11.9. The number of hydrogen-bond acceptors (Lipinski definition) is 2. The lowest BCUT2D eigenvalue weighted by molar-refractivity contribution is -0.116. The third-order valence-corrected chi connectivity index (χ3v) is 3.47. The highest BCUT2D eigenvalue weighted by atomic mass is 16.1. The van der Waals surface area contributed by atoms with Crippen molar-refractivity contribution in [3.63, 3.8) is 0 Å². The molecule has 0 aliphatic heterocycles. The van der Waals surface area contributed by atoms with Gasteiger partial charge in [-0.1, -0.05) is 63.9 Å². The van der Waals surface area contributed by atoms with Crippen molar-refractivity contribution < 1.29 is 9.59 Å². The summed E-state index contributed by atoms with van der Waals surface area (Å²) in [6, 6.07) is 7.82. The zero-order valence-electron chi connectivity index (χ0n) is 13.7. The first-order chi connectivity index (χ1) is 9.21. The van der Waals surface area contributed by atoms with Gasteiger partial charge in [0.25, 0.3) is 0 Å². The summed E-state index contributed by atoms with van der Waals surface area (Å²) in [5, 5.41) is 0. The monoisotopic (exact) mass is 276 g/mol. The molecule has 1 aromatic rings. The van der Waals surface area contributed by atoms with Crippen LogP contribution in [-0.4, -0.2) is 11.6 Å². The van der Waals surface area contributed by atoms with E-state index in [-0.39, 0.29) is 17.0 Å². The van der Waals surface area contributed by atoms with E-state index in [0.29, 0.717) is 12.8 Å². The molecular formula is C18H28O2. The van der Waals surface area contributed by atoms with Crippen molar-refractivity contribution in [2.45, 2.75) is 60.8 Å². The summed E-state index contributed by atoms with van der Waals surface area (Å²) in [6.07, 6.45) is 2.33. The predicted octanol–water partition coefficient (Wildman–Crippen LogP) is 4.99. The van der Waals surface area contributed by atoms with Crippen LogP contribution >= 0.6 is 0 Å². The molecule has 0 spiro atoms. The molecule has 0 saturated heterocycles. The number of carbonyl (C=O) groups excluding carboxylic acids is 2. The highest BCUT2D eigenvalue weighted by Crippen LogP contribution is 2.26. The SMILES string of the molecule is CCC(C)(C)CC(=O)c1ccc(C)cc1.CCC(C)=O. The van der Waals surface area contributed by atoms with Gasteiger partial charge in [-0.05, 0) is 19.3 Å². The minimum atomic E-state index is 0.113. The molecule has 0 N–H and O–H groups in total. The molecule has 1 aromatic carbocycles. The van der Waals surface area contributed by atoms with E-state index in [2.05, 4.69) is 20.8 Å². The van der Waals surface area contributed by atoms with Gasteiger partial charge in [0.2, 0.25) is 0 Å². The molecule has 0 saturated carbocycles. The molecule has 0 aromatic heterocycles. The molecule has 0 fully saturated rings. The van der Waals surface area contributed by atoms with Gasteiger partial charge >= 0.3 is 0 Å². The van der Waals surface area contributed by atoms with Crippen LogP contribution in [0.5, 0.6) is 0 Å². The van der Waals surface area contributed by atoms with E-state index >= 15 is 0 Å². The fourth-order valence-electron chi connectivity index (χ4n) is 1.40. The third kappa shape index (κ3) is 7.88. The van der Waals surface area contributed by atoms with E-state index in [9.17, 15) is 9.59 Å². The van der Waals surface area contributed by atoms with Crippen LogP contribution in [0.2, 0.25) is 0 Å². The first-order valence-corrected chi connectivity index (χ1v) is 7.31. The highest BCUT2D eigenvalue weighted by Gasteiger charge is 2.20. The summed E-state index contributed by atoms with van der Waals surface area (Å²) in [5.41, 5.74) is 2.14. The fourth-order valence-corrected chi connectivity index (χ4v) is 1.40. The number of carbonyl (C=O) groups is 2. The minimum absolute atomic E-state index is 0.113. The number of benzene rings is 1. The molecule has 0 amide bonds. The van der Waals surface area contributed by atoms with Crippen molar-refractivity contribution >= 4 is 11.6 Å². The second kappa shape index (κ2) is 8.68. The average Bonchev–Trinajstić information content (AvgIpc) is 2.39. The van der Waals surface area contributed by atoms with Gasteiger partial charge in [0.05, 0.1) is 0 Å². The van der Waals surface area contributed by atoms with Crippen LogP contribution < -0.4 is 0 Å². The molecule has 2 heteroatoms. The van der Waals surface area contributed by atoms with E-state index in [0.717, 1.165) is 12.0 Å². The van der Waals surface area contributed by atoms with Crippen molar-refractivity contribution in [3.05, 3.63) is 35.4 Å². The Morgan fingerprint density at radius 2 is 1.50 bits per heavy atom. The summed E-state index contributed by atoms with van der Waals surface area (Å²) in [7, 11) is 0. The van der Waals surface area contributed by atoms with Crippen LogP contribution in [0.4, 0.5) is 0 Å². The maximum Gasteiger partial charge on any atom is 0.163 e.